The fourth-order valence-corrected chi connectivity index (χ4v) is 3.99. The van der Waals surface area contributed by atoms with E-state index in [9.17, 15) is 5.26 Å². The van der Waals surface area contributed by atoms with Crippen molar-refractivity contribution in [2.45, 2.75) is 53.0 Å². The van der Waals surface area contributed by atoms with E-state index in [2.05, 4.69) is 84.0 Å². The molecule has 2 heterocycles. The first-order valence-corrected chi connectivity index (χ1v) is 10.8. The van der Waals surface area contributed by atoms with Crippen molar-refractivity contribution >= 4 is 33.6 Å². The minimum absolute atomic E-state index is 0.551. The first-order valence-electron chi connectivity index (χ1n) is 10.8. The number of aromatic amines is 1. The number of aryl methyl sites for hydroxylation is 3. The molecule has 0 fully saturated rings. The lowest BCUT2D eigenvalue weighted by Crippen LogP contribution is -1.95. The van der Waals surface area contributed by atoms with Crippen LogP contribution in [0, 0.1) is 25.2 Å². The average molecular weight is 397 g/mol. The minimum Gasteiger partial charge on any atom is -0.347 e. The molecule has 0 atom stereocenters. The lowest BCUT2D eigenvalue weighted by atomic mass is 10.1. The molecule has 30 heavy (non-hydrogen) atoms. The van der Waals surface area contributed by atoms with Crippen molar-refractivity contribution in [3.63, 3.8) is 0 Å². The van der Waals surface area contributed by atoms with E-state index in [-0.39, 0.29) is 0 Å². The van der Waals surface area contributed by atoms with Gasteiger partial charge in [-0.25, -0.2) is 4.98 Å². The number of allylic oxidation sites excluding steroid dienone is 1. The molecule has 0 bridgehead atoms. The molecule has 2 aromatic heterocycles. The summed E-state index contributed by atoms with van der Waals surface area (Å²) >= 11 is 0. The quantitative estimate of drug-likeness (QED) is 0.276. The van der Waals surface area contributed by atoms with Gasteiger partial charge in [-0.15, -0.1) is 0 Å². The largest absolute Gasteiger partial charge is 0.347 e. The van der Waals surface area contributed by atoms with E-state index in [1.807, 2.05) is 6.08 Å². The van der Waals surface area contributed by atoms with Crippen LogP contribution < -0.4 is 0 Å². The molecule has 0 spiro atoms. The summed E-state index contributed by atoms with van der Waals surface area (Å²) < 4.78 is 2.32. The van der Waals surface area contributed by atoms with Crippen molar-refractivity contribution in [2.24, 2.45) is 0 Å². The third-order valence-corrected chi connectivity index (χ3v) is 5.84. The van der Waals surface area contributed by atoms with Gasteiger partial charge in [0.05, 0.1) is 16.6 Å². The average Bonchev–Trinajstić information content (AvgIpc) is 3.31. The van der Waals surface area contributed by atoms with Gasteiger partial charge in [-0.2, -0.15) is 5.26 Å². The Bertz CT molecular complexity index is 1220. The van der Waals surface area contributed by atoms with Crippen LogP contribution in [0.2, 0.25) is 0 Å². The molecule has 0 aliphatic rings. The zero-order valence-corrected chi connectivity index (χ0v) is 18.0. The minimum atomic E-state index is 0.551. The topological polar surface area (TPSA) is 57.4 Å². The van der Waals surface area contributed by atoms with Gasteiger partial charge in [-0.05, 0) is 55.7 Å². The highest BCUT2D eigenvalue weighted by atomic mass is 15.0. The normalized spacial score (nSPS) is 12.0. The van der Waals surface area contributed by atoms with E-state index in [4.69, 9.17) is 0 Å². The molecule has 4 heteroatoms. The molecule has 0 aliphatic heterocycles. The number of nitrogens with one attached hydrogen (secondary N) is 1. The van der Waals surface area contributed by atoms with Crippen LogP contribution in [0.3, 0.4) is 0 Å². The fourth-order valence-electron chi connectivity index (χ4n) is 3.99. The number of para-hydroxylation sites is 1. The van der Waals surface area contributed by atoms with E-state index in [1.165, 1.54) is 47.7 Å². The molecule has 152 valence electrons. The number of imidazole rings is 1. The van der Waals surface area contributed by atoms with Gasteiger partial charge >= 0.3 is 0 Å². The predicted octanol–water partition coefficient (Wildman–Crippen LogP) is 6.78. The van der Waals surface area contributed by atoms with Gasteiger partial charge in [0.15, 0.2) is 0 Å². The second-order valence-electron chi connectivity index (χ2n) is 8.06. The Balaban J connectivity index is 1.73. The summed E-state index contributed by atoms with van der Waals surface area (Å²) in [6.07, 6.45) is 9.06. The number of nitrogens with zero attached hydrogens (tertiary/aromatic N) is 3. The Morgan fingerprint density at radius 1 is 1.13 bits per heavy atom. The van der Waals surface area contributed by atoms with Crippen LogP contribution in [0.1, 0.15) is 55.1 Å². The van der Waals surface area contributed by atoms with Crippen LogP contribution in [0.15, 0.2) is 42.6 Å². The van der Waals surface area contributed by atoms with Crippen molar-refractivity contribution in [3.05, 3.63) is 65.1 Å². The molecular formula is C26H28N4. The number of unbranched alkanes of at least 4 members (excludes halogenated alkanes) is 3. The number of fused-ring (bicyclic) bond motifs is 2. The monoisotopic (exact) mass is 396 g/mol. The van der Waals surface area contributed by atoms with Crippen molar-refractivity contribution in [2.75, 3.05) is 0 Å². The summed E-state index contributed by atoms with van der Waals surface area (Å²) in [4.78, 5) is 8.02. The van der Waals surface area contributed by atoms with Crippen LogP contribution in [-0.2, 0) is 6.54 Å². The Labute approximate surface area is 177 Å². The van der Waals surface area contributed by atoms with Gasteiger partial charge in [-0.1, -0.05) is 44.4 Å². The number of nitriles is 1. The molecule has 0 aliphatic carbocycles. The molecule has 0 saturated carbocycles. The maximum absolute atomic E-state index is 9.87. The highest BCUT2D eigenvalue weighted by Gasteiger charge is 2.12. The van der Waals surface area contributed by atoms with Crippen molar-refractivity contribution < 1.29 is 0 Å². The Morgan fingerprint density at radius 2 is 1.93 bits per heavy atom. The van der Waals surface area contributed by atoms with Crippen LogP contribution in [-0.4, -0.2) is 14.5 Å². The first kappa shape index (κ1) is 20.0. The van der Waals surface area contributed by atoms with E-state index in [0.29, 0.717) is 11.4 Å². The van der Waals surface area contributed by atoms with E-state index in [1.54, 1.807) is 0 Å². The molecule has 0 radical (unpaired) electrons. The van der Waals surface area contributed by atoms with Gasteiger partial charge in [0.1, 0.15) is 11.9 Å². The van der Waals surface area contributed by atoms with Crippen LogP contribution in [0.4, 0.5) is 0 Å². The molecule has 2 aromatic carbocycles. The molecule has 1 N–H and O–H groups in total. The van der Waals surface area contributed by atoms with Crippen molar-refractivity contribution in [1.82, 2.24) is 14.5 Å². The number of hydrogen-bond acceptors (Lipinski definition) is 2. The Morgan fingerprint density at radius 3 is 2.73 bits per heavy atom. The first-order chi connectivity index (χ1) is 14.6. The van der Waals surface area contributed by atoms with Crippen molar-refractivity contribution in [3.8, 4) is 6.07 Å². The second kappa shape index (κ2) is 8.59. The van der Waals surface area contributed by atoms with Gasteiger partial charge < -0.3 is 9.55 Å². The smallest absolute Gasteiger partial charge is 0.149 e. The molecule has 0 amide bonds. The molecule has 0 saturated heterocycles. The molecular weight excluding hydrogens is 368 g/mol. The zero-order valence-electron chi connectivity index (χ0n) is 18.0. The van der Waals surface area contributed by atoms with Crippen molar-refractivity contribution in [1.29, 1.82) is 5.26 Å². The number of benzene rings is 2. The lowest BCUT2D eigenvalue weighted by molar-refractivity contribution is 0.593. The van der Waals surface area contributed by atoms with Gasteiger partial charge in [0.25, 0.3) is 0 Å². The molecule has 0 unspecified atom stereocenters. The maximum atomic E-state index is 9.87. The second-order valence-corrected chi connectivity index (χ2v) is 8.06. The SMILES string of the molecule is CCCCCCn1cc(/C=C(\C#N)c2nc3cc(C)c(C)cc3[nH]2)c2ccccc21. The van der Waals surface area contributed by atoms with Gasteiger partial charge in [-0.3, -0.25) is 0 Å². The maximum Gasteiger partial charge on any atom is 0.149 e. The molecule has 4 aromatic rings. The third kappa shape index (κ3) is 3.89. The summed E-state index contributed by atoms with van der Waals surface area (Å²) in [5, 5.41) is 11.0. The van der Waals surface area contributed by atoms with E-state index in [0.717, 1.165) is 23.1 Å². The number of H-pyrrole nitrogens is 1. The summed E-state index contributed by atoms with van der Waals surface area (Å²) in [5.74, 6) is 0.622. The highest BCUT2D eigenvalue weighted by Crippen LogP contribution is 2.27. The standard InChI is InChI=1S/C26H28N4/c1-4-5-6-9-12-30-17-21(22-10-7-8-11-25(22)30)15-20(16-27)26-28-23-13-18(2)19(3)14-24(23)29-26/h7-8,10-11,13-15,17H,4-6,9,12H2,1-3H3,(H,28,29)/b20-15+. The summed E-state index contributed by atoms with van der Waals surface area (Å²) in [6, 6.07) is 14.9. The van der Waals surface area contributed by atoms with Crippen LogP contribution >= 0.6 is 0 Å². The molecule has 4 rings (SSSR count). The van der Waals surface area contributed by atoms with E-state index < -0.39 is 0 Å². The number of hydrogen-bond donors (Lipinski definition) is 1. The van der Waals surface area contributed by atoms with Crippen LogP contribution in [0.5, 0.6) is 0 Å². The lowest BCUT2D eigenvalue weighted by Gasteiger charge is -2.04. The van der Waals surface area contributed by atoms with Crippen LogP contribution in [0.25, 0.3) is 33.6 Å². The zero-order chi connectivity index (χ0) is 21.1. The number of aromatic nitrogens is 3. The molecule has 4 nitrogen and oxygen atoms in total. The van der Waals surface area contributed by atoms with Gasteiger partial charge in [0, 0.05) is 29.2 Å². The summed E-state index contributed by atoms with van der Waals surface area (Å²) in [6.45, 7) is 7.41. The van der Waals surface area contributed by atoms with Gasteiger partial charge in [0.2, 0.25) is 0 Å². The summed E-state index contributed by atoms with van der Waals surface area (Å²) in [5.41, 5.74) is 7.11. The summed E-state index contributed by atoms with van der Waals surface area (Å²) in [7, 11) is 0. The third-order valence-electron chi connectivity index (χ3n) is 5.84. The highest BCUT2D eigenvalue weighted by molar-refractivity contribution is 5.98. The predicted molar refractivity (Wildman–Crippen MR) is 125 cm³/mol. The Kier molecular flexibility index (Phi) is 5.72. The number of rotatable bonds is 7. The Hall–Kier alpha value is -3.32. The fraction of sp³-hybridized carbons (Fsp3) is 0.308. The van der Waals surface area contributed by atoms with E-state index >= 15 is 0 Å².